The number of nitrogens with one attached hydrogen (secondary N) is 2. The molecule has 2 aromatic rings. The molecule has 6 heteroatoms. The summed E-state index contributed by atoms with van der Waals surface area (Å²) >= 11 is 3.35. The first kappa shape index (κ1) is 15.1. The number of benzene rings is 1. The normalized spacial score (nSPS) is 10.8. The molecule has 21 heavy (non-hydrogen) atoms. The van der Waals surface area contributed by atoms with Gasteiger partial charge in [0.05, 0.1) is 5.69 Å². The fraction of sp³-hybridized carbons (Fsp3) is 0.0667. The Labute approximate surface area is 129 Å². The molecular formula is C15H13BrN2O3. The van der Waals surface area contributed by atoms with Crippen molar-refractivity contribution in [2.24, 2.45) is 0 Å². The molecule has 0 saturated heterocycles. The second-order valence-corrected chi connectivity index (χ2v) is 5.30. The third kappa shape index (κ3) is 3.82. The van der Waals surface area contributed by atoms with Crippen LogP contribution in [0.2, 0.25) is 0 Å². The maximum atomic E-state index is 11.8. The van der Waals surface area contributed by atoms with Crippen molar-refractivity contribution < 1.29 is 14.7 Å². The zero-order valence-corrected chi connectivity index (χ0v) is 12.8. The highest BCUT2D eigenvalue weighted by Gasteiger charge is 2.16. The van der Waals surface area contributed by atoms with Crippen LogP contribution in [0.3, 0.4) is 0 Å². The summed E-state index contributed by atoms with van der Waals surface area (Å²) < 4.78 is 0.916. The first-order valence-corrected chi connectivity index (χ1v) is 6.92. The van der Waals surface area contributed by atoms with Crippen LogP contribution >= 0.6 is 15.9 Å². The number of carbonyl (C=O) groups is 2. The predicted octanol–water partition coefficient (Wildman–Crippen LogP) is 3.44. The number of aromatic nitrogens is 1. The fourth-order valence-corrected chi connectivity index (χ4v) is 2.27. The Morgan fingerprint density at radius 2 is 2.14 bits per heavy atom. The van der Waals surface area contributed by atoms with Gasteiger partial charge in [0.15, 0.2) is 0 Å². The lowest BCUT2D eigenvalue weighted by atomic mass is 10.2. The van der Waals surface area contributed by atoms with Crippen LogP contribution in [0, 0.1) is 6.92 Å². The Hall–Kier alpha value is -2.34. The minimum absolute atomic E-state index is 0.0687. The molecule has 1 aromatic carbocycles. The van der Waals surface area contributed by atoms with Crippen LogP contribution in [0.5, 0.6) is 0 Å². The SMILES string of the molecule is Cc1[nH]cc(NC(=O)/C=C/c2cccc(Br)c2)c1C(=O)O. The molecule has 0 unspecified atom stereocenters. The minimum Gasteiger partial charge on any atom is -0.478 e. The number of carbonyl (C=O) groups excluding carboxylic acids is 1. The van der Waals surface area contributed by atoms with Gasteiger partial charge >= 0.3 is 5.97 Å². The Bertz CT molecular complexity index is 719. The second-order valence-electron chi connectivity index (χ2n) is 4.39. The first-order chi connectivity index (χ1) is 9.97. The van der Waals surface area contributed by atoms with Crippen molar-refractivity contribution in [1.82, 2.24) is 4.98 Å². The summed E-state index contributed by atoms with van der Waals surface area (Å²) in [7, 11) is 0. The first-order valence-electron chi connectivity index (χ1n) is 6.13. The van der Waals surface area contributed by atoms with Crippen molar-refractivity contribution in [2.75, 3.05) is 5.32 Å². The van der Waals surface area contributed by atoms with E-state index < -0.39 is 11.9 Å². The van der Waals surface area contributed by atoms with E-state index in [0.29, 0.717) is 5.69 Å². The number of hydrogen-bond acceptors (Lipinski definition) is 2. The molecule has 0 saturated carbocycles. The standard InChI is InChI=1S/C15H13BrN2O3/c1-9-14(15(20)21)12(8-17-9)18-13(19)6-5-10-3-2-4-11(16)7-10/h2-8,17H,1H3,(H,18,19)(H,20,21)/b6-5+. The quantitative estimate of drug-likeness (QED) is 0.740. The van der Waals surface area contributed by atoms with Gasteiger partial charge in [0.1, 0.15) is 5.56 Å². The summed E-state index contributed by atoms with van der Waals surface area (Å²) in [6, 6.07) is 7.48. The molecule has 0 fully saturated rings. The number of aryl methyl sites for hydroxylation is 1. The van der Waals surface area contributed by atoms with E-state index >= 15 is 0 Å². The highest BCUT2D eigenvalue weighted by Crippen LogP contribution is 2.19. The molecule has 1 amide bonds. The van der Waals surface area contributed by atoms with Gasteiger partial charge < -0.3 is 15.4 Å². The lowest BCUT2D eigenvalue weighted by Crippen LogP contribution is -2.10. The van der Waals surface area contributed by atoms with Crippen molar-refractivity contribution in [1.29, 1.82) is 0 Å². The van der Waals surface area contributed by atoms with Crippen LogP contribution in [0.25, 0.3) is 6.08 Å². The number of aromatic amines is 1. The molecule has 3 N–H and O–H groups in total. The van der Waals surface area contributed by atoms with Crippen molar-refractivity contribution in [2.45, 2.75) is 6.92 Å². The van der Waals surface area contributed by atoms with E-state index in [-0.39, 0.29) is 11.3 Å². The summed E-state index contributed by atoms with van der Waals surface area (Å²) in [5, 5.41) is 11.6. The molecule has 0 aliphatic carbocycles. The smallest absolute Gasteiger partial charge is 0.339 e. The molecule has 0 bridgehead atoms. The Kier molecular flexibility index (Phi) is 4.59. The highest BCUT2D eigenvalue weighted by molar-refractivity contribution is 9.10. The van der Waals surface area contributed by atoms with Gasteiger partial charge in [-0.2, -0.15) is 0 Å². The van der Waals surface area contributed by atoms with E-state index in [1.807, 2.05) is 24.3 Å². The van der Waals surface area contributed by atoms with Gasteiger partial charge in [0.25, 0.3) is 0 Å². The van der Waals surface area contributed by atoms with E-state index in [9.17, 15) is 9.59 Å². The molecule has 0 radical (unpaired) electrons. The predicted molar refractivity (Wildman–Crippen MR) is 84.3 cm³/mol. The minimum atomic E-state index is -1.08. The largest absolute Gasteiger partial charge is 0.478 e. The van der Waals surface area contributed by atoms with Gasteiger partial charge in [0, 0.05) is 22.4 Å². The van der Waals surface area contributed by atoms with Crippen LogP contribution in [-0.2, 0) is 4.79 Å². The highest BCUT2D eigenvalue weighted by atomic mass is 79.9. The zero-order valence-electron chi connectivity index (χ0n) is 11.2. The van der Waals surface area contributed by atoms with Crippen molar-refractivity contribution in [3.8, 4) is 0 Å². The lowest BCUT2D eigenvalue weighted by molar-refractivity contribution is -0.111. The molecule has 1 aromatic heterocycles. The van der Waals surface area contributed by atoms with Crippen LogP contribution in [-0.4, -0.2) is 22.0 Å². The molecule has 108 valence electrons. The van der Waals surface area contributed by atoms with E-state index in [2.05, 4.69) is 26.2 Å². The average Bonchev–Trinajstić information content (AvgIpc) is 2.77. The summed E-state index contributed by atoms with van der Waals surface area (Å²) in [5.41, 5.74) is 1.68. The maximum Gasteiger partial charge on any atom is 0.339 e. The number of carboxylic acids is 1. The number of hydrogen-bond donors (Lipinski definition) is 3. The van der Waals surface area contributed by atoms with Gasteiger partial charge in [-0.25, -0.2) is 4.79 Å². The number of aromatic carboxylic acids is 1. The average molecular weight is 349 g/mol. The maximum absolute atomic E-state index is 11.8. The van der Waals surface area contributed by atoms with E-state index in [0.717, 1.165) is 10.0 Å². The lowest BCUT2D eigenvalue weighted by Gasteiger charge is -2.01. The van der Waals surface area contributed by atoms with Gasteiger partial charge in [-0.05, 0) is 30.7 Å². The van der Waals surface area contributed by atoms with E-state index in [1.165, 1.54) is 12.3 Å². The number of amides is 1. The molecule has 0 aliphatic heterocycles. The topological polar surface area (TPSA) is 82.2 Å². The number of rotatable bonds is 4. The Morgan fingerprint density at radius 3 is 2.81 bits per heavy atom. The van der Waals surface area contributed by atoms with Crippen LogP contribution in [0.4, 0.5) is 5.69 Å². The van der Waals surface area contributed by atoms with Gasteiger partial charge in [0.2, 0.25) is 5.91 Å². The molecule has 0 spiro atoms. The van der Waals surface area contributed by atoms with E-state index in [4.69, 9.17) is 5.11 Å². The van der Waals surface area contributed by atoms with Crippen LogP contribution in [0.1, 0.15) is 21.6 Å². The number of H-pyrrole nitrogens is 1. The zero-order chi connectivity index (χ0) is 15.4. The Balaban J connectivity index is 2.11. The summed E-state index contributed by atoms with van der Waals surface area (Å²) in [6.45, 7) is 1.64. The number of anilines is 1. The van der Waals surface area contributed by atoms with Crippen LogP contribution in [0.15, 0.2) is 41.0 Å². The summed E-state index contributed by atoms with van der Waals surface area (Å²) in [6.07, 6.45) is 4.47. The molecular weight excluding hydrogens is 336 g/mol. The van der Waals surface area contributed by atoms with E-state index in [1.54, 1.807) is 13.0 Å². The van der Waals surface area contributed by atoms with Gasteiger partial charge in [-0.3, -0.25) is 4.79 Å². The molecule has 0 aliphatic rings. The second kappa shape index (κ2) is 6.41. The van der Waals surface area contributed by atoms with Gasteiger partial charge in [-0.1, -0.05) is 28.1 Å². The monoisotopic (exact) mass is 348 g/mol. The van der Waals surface area contributed by atoms with Crippen molar-refractivity contribution in [3.05, 3.63) is 57.8 Å². The fourth-order valence-electron chi connectivity index (χ4n) is 1.86. The molecule has 1 heterocycles. The van der Waals surface area contributed by atoms with Crippen molar-refractivity contribution in [3.63, 3.8) is 0 Å². The summed E-state index contributed by atoms with van der Waals surface area (Å²) in [5.74, 6) is -1.48. The molecule has 5 nitrogen and oxygen atoms in total. The van der Waals surface area contributed by atoms with Gasteiger partial charge in [-0.15, -0.1) is 0 Å². The molecule has 2 rings (SSSR count). The summed E-state index contributed by atoms with van der Waals surface area (Å²) in [4.78, 5) is 25.7. The number of carboxylic acid groups (broad SMARTS) is 1. The Morgan fingerprint density at radius 1 is 1.38 bits per heavy atom. The van der Waals surface area contributed by atoms with Crippen molar-refractivity contribution >= 4 is 39.6 Å². The third-order valence-electron chi connectivity index (χ3n) is 2.82. The molecule has 0 atom stereocenters. The third-order valence-corrected chi connectivity index (χ3v) is 3.32. The number of halogens is 1. The van der Waals surface area contributed by atoms with Crippen LogP contribution < -0.4 is 5.32 Å².